The van der Waals surface area contributed by atoms with Crippen molar-refractivity contribution < 1.29 is 9.13 Å². The van der Waals surface area contributed by atoms with Crippen molar-refractivity contribution in [2.45, 2.75) is 58.6 Å². The molecule has 3 heteroatoms. The largest absolute Gasteiger partial charge is 0.487 e. The Bertz CT molecular complexity index is 454. The van der Waals surface area contributed by atoms with E-state index in [0.29, 0.717) is 5.92 Å². The minimum atomic E-state index is -0.191. The van der Waals surface area contributed by atoms with Gasteiger partial charge in [0.2, 0.25) is 0 Å². The van der Waals surface area contributed by atoms with Crippen molar-refractivity contribution in [3.8, 4) is 5.75 Å². The minimum Gasteiger partial charge on any atom is -0.487 e. The molecule has 1 heterocycles. The fourth-order valence-corrected chi connectivity index (χ4v) is 2.88. The van der Waals surface area contributed by atoms with Gasteiger partial charge in [0, 0.05) is 18.0 Å². The van der Waals surface area contributed by atoms with Crippen molar-refractivity contribution in [3.63, 3.8) is 0 Å². The minimum absolute atomic E-state index is 0.126. The molecule has 0 aliphatic carbocycles. The summed E-state index contributed by atoms with van der Waals surface area (Å²) < 4.78 is 19.7. The second-order valence-corrected chi connectivity index (χ2v) is 6.23. The number of halogens is 1. The molecule has 0 aromatic heterocycles. The van der Waals surface area contributed by atoms with Crippen LogP contribution in [0, 0.1) is 11.7 Å². The lowest BCUT2D eigenvalue weighted by Crippen LogP contribution is -2.44. The lowest BCUT2D eigenvalue weighted by molar-refractivity contribution is 0.0222. The molecule has 1 aromatic rings. The summed E-state index contributed by atoms with van der Waals surface area (Å²) in [5, 5.41) is 3.58. The number of benzene rings is 1. The SMILES string of the molecule is CCC1(CC)CC(NCC(C)C)c2cc(F)ccc2O1. The molecule has 1 aliphatic rings. The van der Waals surface area contributed by atoms with E-state index in [-0.39, 0.29) is 17.5 Å². The van der Waals surface area contributed by atoms with E-state index in [1.165, 1.54) is 6.07 Å². The summed E-state index contributed by atoms with van der Waals surface area (Å²) >= 11 is 0. The Labute approximate surface area is 121 Å². The summed E-state index contributed by atoms with van der Waals surface area (Å²) in [4.78, 5) is 0. The van der Waals surface area contributed by atoms with Crippen LogP contribution in [0.1, 0.15) is 58.6 Å². The van der Waals surface area contributed by atoms with Crippen LogP contribution < -0.4 is 10.1 Å². The Kier molecular flexibility index (Phi) is 4.69. The number of rotatable bonds is 5. The topological polar surface area (TPSA) is 21.3 Å². The monoisotopic (exact) mass is 279 g/mol. The molecule has 0 bridgehead atoms. The highest BCUT2D eigenvalue weighted by Gasteiger charge is 2.38. The zero-order valence-electron chi connectivity index (χ0n) is 13.0. The normalized spacial score (nSPS) is 20.6. The van der Waals surface area contributed by atoms with Gasteiger partial charge in [0.05, 0.1) is 0 Å². The first-order valence-corrected chi connectivity index (χ1v) is 7.71. The van der Waals surface area contributed by atoms with E-state index >= 15 is 0 Å². The van der Waals surface area contributed by atoms with Crippen molar-refractivity contribution in [3.05, 3.63) is 29.6 Å². The van der Waals surface area contributed by atoms with Gasteiger partial charge in [-0.05, 0) is 43.5 Å². The first-order valence-electron chi connectivity index (χ1n) is 7.71. The molecule has 1 unspecified atom stereocenters. The predicted octanol–water partition coefficient (Wildman–Crippen LogP) is 4.45. The van der Waals surface area contributed by atoms with Crippen molar-refractivity contribution >= 4 is 0 Å². The molecule has 1 aromatic carbocycles. The Morgan fingerprint density at radius 2 is 2.05 bits per heavy atom. The molecule has 112 valence electrons. The van der Waals surface area contributed by atoms with Crippen LogP contribution >= 0.6 is 0 Å². The third kappa shape index (κ3) is 3.14. The number of nitrogens with one attached hydrogen (secondary N) is 1. The van der Waals surface area contributed by atoms with Crippen LogP contribution in [-0.4, -0.2) is 12.1 Å². The maximum atomic E-state index is 13.5. The number of fused-ring (bicyclic) bond motifs is 1. The van der Waals surface area contributed by atoms with E-state index in [2.05, 4.69) is 33.0 Å². The zero-order chi connectivity index (χ0) is 14.8. The average Bonchev–Trinajstić information content (AvgIpc) is 2.44. The van der Waals surface area contributed by atoms with Crippen molar-refractivity contribution in [2.75, 3.05) is 6.54 Å². The lowest BCUT2D eigenvalue weighted by atomic mass is 9.83. The van der Waals surface area contributed by atoms with Gasteiger partial charge in [0.1, 0.15) is 17.2 Å². The third-order valence-corrected chi connectivity index (χ3v) is 4.31. The molecule has 0 radical (unpaired) electrons. The van der Waals surface area contributed by atoms with E-state index in [1.807, 2.05) is 0 Å². The van der Waals surface area contributed by atoms with Gasteiger partial charge in [-0.2, -0.15) is 0 Å². The van der Waals surface area contributed by atoms with Crippen LogP contribution in [0.2, 0.25) is 0 Å². The Morgan fingerprint density at radius 1 is 1.35 bits per heavy atom. The van der Waals surface area contributed by atoms with Gasteiger partial charge in [-0.3, -0.25) is 0 Å². The third-order valence-electron chi connectivity index (χ3n) is 4.31. The van der Waals surface area contributed by atoms with Gasteiger partial charge in [0.15, 0.2) is 0 Å². The molecule has 0 saturated heterocycles. The second kappa shape index (κ2) is 6.13. The molecular weight excluding hydrogens is 253 g/mol. The summed E-state index contributed by atoms with van der Waals surface area (Å²) in [6.07, 6.45) is 2.85. The first kappa shape index (κ1) is 15.3. The van der Waals surface area contributed by atoms with Crippen LogP contribution in [0.3, 0.4) is 0 Å². The Hall–Kier alpha value is -1.09. The maximum absolute atomic E-state index is 13.5. The molecular formula is C17H26FNO. The second-order valence-electron chi connectivity index (χ2n) is 6.23. The molecule has 0 amide bonds. The lowest BCUT2D eigenvalue weighted by Gasteiger charge is -2.42. The Balaban J connectivity index is 2.31. The highest BCUT2D eigenvalue weighted by atomic mass is 19.1. The summed E-state index contributed by atoms with van der Waals surface area (Å²) in [7, 11) is 0. The average molecular weight is 279 g/mol. The molecule has 0 spiro atoms. The summed E-state index contributed by atoms with van der Waals surface area (Å²) in [5.74, 6) is 1.22. The molecule has 0 saturated carbocycles. The maximum Gasteiger partial charge on any atom is 0.125 e. The molecule has 0 fully saturated rings. The van der Waals surface area contributed by atoms with Crippen LogP contribution in [0.25, 0.3) is 0 Å². The Morgan fingerprint density at radius 3 is 2.65 bits per heavy atom. The molecule has 1 atom stereocenters. The van der Waals surface area contributed by atoms with E-state index in [0.717, 1.165) is 37.1 Å². The molecule has 1 aliphatic heterocycles. The predicted molar refractivity (Wildman–Crippen MR) is 80.5 cm³/mol. The quantitative estimate of drug-likeness (QED) is 0.859. The summed E-state index contributed by atoms with van der Waals surface area (Å²) in [6, 6.07) is 5.05. The molecule has 2 rings (SSSR count). The fourth-order valence-electron chi connectivity index (χ4n) is 2.88. The zero-order valence-corrected chi connectivity index (χ0v) is 13.0. The van der Waals surface area contributed by atoms with Gasteiger partial charge in [0.25, 0.3) is 0 Å². The van der Waals surface area contributed by atoms with Crippen LogP contribution in [0.15, 0.2) is 18.2 Å². The van der Waals surface area contributed by atoms with E-state index in [1.54, 1.807) is 12.1 Å². The number of hydrogen-bond donors (Lipinski definition) is 1. The highest BCUT2D eigenvalue weighted by Crippen LogP contribution is 2.42. The molecule has 20 heavy (non-hydrogen) atoms. The summed E-state index contributed by atoms with van der Waals surface area (Å²) in [6.45, 7) is 9.64. The van der Waals surface area contributed by atoms with Crippen LogP contribution in [0.5, 0.6) is 5.75 Å². The molecule has 2 nitrogen and oxygen atoms in total. The van der Waals surface area contributed by atoms with Gasteiger partial charge in [-0.15, -0.1) is 0 Å². The number of ether oxygens (including phenoxy) is 1. The highest BCUT2D eigenvalue weighted by molar-refractivity contribution is 5.39. The van der Waals surface area contributed by atoms with Crippen LogP contribution in [0.4, 0.5) is 4.39 Å². The van der Waals surface area contributed by atoms with Crippen molar-refractivity contribution in [1.82, 2.24) is 5.32 Å². The molecule has 1 N–H and O–H groups in total. The van der Waals surface area contributed by atoms with Crippen molar-refractivity contribution in [2.24, 2.45) is 5.92 Å². The van der Waals surface area contributed by atoms with E-state index in [9.17, 15) is 4.39 Å². The van der Waals surface area contributed by atoms with Gasteiger partial charge < -0.3 is 10.1 Å². The van der Waals surface area contributed by atoms with Crippen molar-refractivity contribution in [1.29, 1.82) is 0 Å². The smallest absolute Gasteiger partial charge is 0.125 e. The van der Waals surface area contributed by atoms with Gasteiger partial charge >= 0.3 is 0 Å². The van der Waals surface area contributed by atoms with Gasteiger partial charge in [-0.1, -0.05) is 27.7 Å². The number of hydrogen-bond acceptors (Lipinski definition) is 2. The van der Waals surface area contributed by atoms with Crippen LogP contribution in [-0.2, 0) is 0 Å². The standard InChI is InChI=1S/C17H26FNO/c1-5-17(6-2)10-15(19-11-12(3)4)14-9-13(18)7-8-16(14)20-17/h7-9,12,15,19H,5-6,10-11H2,1-4H3. The van der Waals surface area contributed by atoms with E-state index in [4.69, 9.17) is 4.74 Å². The van der Waals surface area contributed by atoms with Gasteiger partial charge in [-0.25, -0.2) is 4.39 Å². The fraction of sp³-hybridized carbons (Fsp3) is 0.647. The summed E-state index contributed by atoms with van der Waals surface area (Å²) in [5.41, 5.74) is 0.836. The first-order chi connectivity index (χ1) is 9.49. The van der Waals surface area contributed by atoms with E-state index < -0.39 is 0 Å².